The van der Waals surface area contributed by atoms with Gasteiger partial charge in [-0.15, -0.1) is 0 Å². The van der Waals surface area contributed by atoms with E-state index in [0.717, 1.165) is 11.8 Å². The highest BCUT2D eigenvalue weighted by molar-refractivity contribution is 5.04. The molecule has 0 heterocycles. The van der Waals surface area contributed by atoms with Gasteiger partial charge in [-0.05, 0) is 36.0 Å². The number of hydrogen-bond acceptors (Lipinski definition) is 0. The summed E-state index contributed by atoms with van der Waals surface area (Å²) in [7, 11) is 0. The second-order valence-electron chi connectivity index (χ2n) is 6.90. The third-order valence-electron chi connectivity index (χ3n) is 4.33. The van der Waals surface area contributed by atoms with Gasteiger partial charge in [0, 0.05) is 0 Å². The highest BCUT2D eigenvalue weighted by Crippen LogP contribution is 2.47. The van der Waals surface area contributed by atoms with Crippen molar-refractivity contribution in [2.75, 3.05) is 0 Å². The summed E-state index contributed by atoms with van der Waals surface area (Å²) in [5.41, 5.74) is 0.631. The van der Waals surface area contributed by atoms with Crippen LogP contribution in [-0.4, -0.2) is 0 Å². The molecule has 0 aromatic rings. The molecule has 96 valence electrons. The molecule has 0 nitrogen and oxygen atoms in total. The van der Waals surface area contributed by atoms with E-state index >= 15 is 0 Å². The minimum Gasteiger partial charge on any atom is -0.0911 e. The Morgan fingerprint density at radius 1 is 0.938 bits per heavy atom. The normalized spacial score (nSPS) is 19.1. The number of rotatable bonds is 5. The molecule has 2 unspecified atom stereocenters. The van der Waals surface area contributed by atoms with Gasteiger partial charge in [0.05, 0.1) is 0 Å². The Balaban J connectivity index is 4.78. The molecule has 0 rings (SSSR count). The number of hydrogen-bond donors (Lipinski definition) is 0. The summed E-state index contributed by atoms with van der Waals surface area (Å²) >= 11 is 0. The molecule has 0 aliphatic rings. The largest absolute Gasteiger partial charge is 0.0911 e. The summed E-state index contributed by atoms with van der Waals surface area (Å²) in [6.07, 6.45) is 7.30. The lowest BCUT2D eigenvalue weighted by Gasteiger charge is -2.45. The van der Waals surface area contributed by atoms with Gasteiger partial charge < -0.3 is 0 Å². The highest BCUT2D eigenvalue weighted by Gasteiger charge is 2.39. The first-order valence-electron chi connectivity index (χ1n) is 6.79. The van der Waals surface area contributed by atoms with E-state index in [2.05, 4.69) is 67.5 Å². The SMILES string of the molecule is CC=CC(C)(C(C)CCC(C)C)C(C)(C)C. The van der Waals surface area contributed by atoms with Crippen molar-refractivity contribution >= 4 is 0 Å². The quantitative estimate of drug-likeness (QED) is 0.526. The van der Waals surface area contributed by atoms with Crippen molar-refractivity contribution < 1.29 is 0 Å². The van der Waals surface area contributed by atoms with Crippen LogP contribution in [0.25, 0.3) is 0 Å². The fourth-order valence-electron chi connectivity index (χ4n) is 2.38. The van der Waals surface area contributed by atoms with Crippen molar-refractivity contribution in [3.63, 3.8) is 0 Å². The fraction of sp³-hybridized carbons (Fsp3) is 0.875. The van der Waals surface area contributed by atoms with Crippen molar-refractivity contribution in [2.24, 2.45) is 22.7 Å². The van der Waals surface area contributed by atoms with E-state index < -0.39 is 0 Å². The van der Waals surface area contributed by atoms with Crippen LogP contribution < -0.4 is 0 Å². The maximum absolute atomic E-state index is 2.41. The van der Waals surface area contributed by atoms with Crippen LogP contribution in [0.4, 0.5) is 0 Å². The molecule has 0 saturated carbocycles. The molecule has 16 heavy (non-hydrogen) atoms. The third-order valence-corrected chi connectivity index (χ3v) is 4.33. The molecule has 0 fully saturated rings. The van der Waals surface area contributed by atoms with Gasteiger partial charge in [-0.25, -0.2) is 0 Å². The van der Waals surface area contributed by atoms with Crippen LogP contribution in [0.3, 0.4) is 0 Å². The molecular weight excluding hydrogens is 192 g/mol. The average Bonchev–Trinajstić information content (AvgIpc) is 2.12. The van der Waals surface area contributed by atoms with E-state index in [9.17, 15) is 0 Å². The summed E-state index contributed by atoms with van der Waals surface area (Å²) in [6, 6.07) is 0. The van der Waals surface area contributed by atoms with Crippen molar-refractivity contribution in [1.82, 2.24) is 0 Å². The number of allylic oxidation sites excluding steroid dienone is 2. The summed E-state index contributed by atoms with van der Waals surface area (Å²) in [5.74, 6) is 1.56. The van der Waals surface area contributed by atoms with Gasteiger partial charge in [-0.3, -0.25) is 0 Å². The summed E-state index contributed by atoms with van der Waals surface area (Å²) < 4.78 is 0. The standard InChI is InChI=1S/C16H32/c1-9-12-16(8,15(5,6)7)14(4)11-10-13(2)3/h9,12-14H,10-11H2,1-8H3. The van der Waals surface area contributed by atoms with Gasteiger partial charge in [0.25, 0.3) is 0 Å². The molecule has 2 atom stereocenters. The summed E-state index contributed by atoms with van der Waals surface area (Å²) in [5, 5.41) is 0. The Labute approximate surface area is 104 Å². The zero-order valence-electron chi connectivity index (χ0n) is 12.7. The Morgan fingerprint density at radius 2 is 1.44 bits per heavy atom. The molecule has 0 aromatic carbocycles. The van der Waals surface area contributed by atoms with Gasteiger partial charge >= 0.3 is 0 Å². The molecule has 0 heteroatoms. The molecule has 0 aromatic heterocycles. The zero-order valence-corrected chi connectivity index (χ0v) is 12.7. The van der Waals surface area contributed by atoms with Crippen LogP contribution in [0, 0.1) is 22.7 Å². The molecular formula is C16H32. The van der Waals surface area contributed by atoms with Crippen molar-refractivity contribution in [3.05, 3.63) is 12.2 Å². The molecule has 0 radical (unpaired) electrons. The topological polar surface area (TPSA) is 0 Å². The first-order chi connectivity index (χ1) is 7.15. The Hall–Kier alpha value is -0.260. The van der Waals surface area contributed by atoms with E-state index in [-0.39, 0.29) is 0 Å². The predicted octanol–water partition coefficient (Wildman–Crippen LogP) is 5.69. The lowest BCUT2D eigenvalue weighted by Crippen LogP contribution is -2.37. The Kier molecular flexibility index (Phi) is 5.79. The maximum Gasteiger partial charge on any atom is -0.00725 e. The lowest BCUT2D eigenvalue weighted by atomic mass is 9.60. The minimum absolute atomic E-state index is 0.302. The van der Waals surface area contributed by atoms with Gasteiger partial charge in [-0.2, -0.15) is 0 Å². The van der Waals surface area contributed by atoms with E-state index in [1.807, 2.05) is 0 Å². The summed E-state index contributed by atoms with van der Waals surface area (Å²) in [6.45, 7) is 18.7. The third kappa shape index (κ3) is 3.96. The monoisotopic (exact) mass is 224 g/mol. The Bertz CT molecular complexity index is 217. The molecule has 0 aliphatic heterocycles. The van der Waals surface area contributed by atoms with E-state index in [1.165, 1.54) is 12.8 Å². The molecule has 0 aliphatic carbocycles. The summed E-state index contributed by atoms with van der Waals surface area (Å²) in [4.78, 5) is 0. The van der Waals surface area contributed by atoms with Gasteiger partial charge in [0.15, 0.2) is 0 Å². The molecule has 0 saturated heterocycles. The van der Waals surface area contributed by atoms with Crippen LogP contribution in [-0.2, 0) is 0 Å². The second-order valence-corrected chi connectivity index (χ2v) is 6.90. The lowest BCUT2D eigenvalue weighted by molar-refractivity contribution is 0.0886. The predicted molar refractivity (Wildman–Crippen MR) is 75.6 cm³/mol. The van der Waals surface area contributed by atoms with Crippen molar-refractivity contribution in [3.8, 4) is 0 Å². The van der Waals surface area contributed by atoms with Crippen LogP contribution in [0.1, 0.15) is 68.2 Å². The van der Waals surface area contributed by atoms with E-state index in [0.29, 0.717) is 10.8 Å². The second kappa shape index (κ2) is 5.89. The van der Waals surface area contributed by atoms with Crippen LogP contribution in [0.5, 0.6) is 0 Å². The first-order valence-corrected chi connectivity index (χ1v) is 6.79. The first kappa shape index (κ1) is 15.7. The van der Waals surface area contributed by atoms with Gasteiger partial charge in [0.1, 0.15) is 0 Å². The zero-order chi connectivity index (χ0) is 13.0. The molecule has 0 spiro atoms. The molecule has 0 amide bonds. The van der Waals surface area contributed by atoms with E-state index in [4.69, 9.17) is 0 Å². The van der Waals surface area contributed by atoms with Gasteiger partial charge in [-0.1, -0.05) is 67.0 Å². The van der Waals surface area contributed by atoms with E-state index in [1.54, 1.807) is 0 Å². The van der Waals surface area contributed by atoms with Crippen molar-refractivity contribution in [1.29, 1.82) is 0 Å². The van der Waals surface area contributed by atoms with Crippen LogP contribution >= 0.6 is 0 Å². The molecule has 0 bridgehead atoms. The molecule has 0 N–H and O–H groups in total. The smallest absolute Gasteiger partial charge is 0.00725 e. The average molecular weight is 224 g/mol. The van der Waals surface area contributed by atoms with Crippen LogP contribution in [0.15, 0.2) is 12.2 Å². The highest BCUT2D eigenvalue weighted by atomic mass is 14.4. The van der Waals surface area contributed by atoms with Gasteiger partial charge in [0.2, 0.25) is 0 Å². The Morgan fingerprint density at radius 3 is 1.75 bits per heavy atom. The minimum atomic E-state index is 0.302. The fourth-order valence-corrected chi connectivity index (χ4v) is 2.38. The maximum atomic E-state index is 2.41. The van der Waals surface area contributed by atoms with Crippen molar-refractivity contribution in [2.45, 2.75) is 68.2 Å². The van der Waals surface area contributed by atoms with Crippen LogP contribution in [0.2, 0.25) is 0 Å².